The first-order chi connectivity index (χ1) is 11.8. The summed E-state index contributed by atoms with van der Waals surface area (Å²) in [4.78, 5) is 1.88. The molecule has 1 aromatic heterocycles. The molecule has 1 saturated heterocycles. The number of rotatable bonds is 4. The Morgan fingerprint density at radius 2 is 1.96 bits per heavy atom. The van der Waals surface area contributed by atoms with E-state index < -0.39 is 23.9 Å². The summed E-state index contributed by atoms with van der Waals surface area (Å²) in [6.07, 6.45) is -2.89. The van der Waals surface area contributed by atoms with Gasteiger partial charge in [0.2, 0.25) is 0 Å². The van der Waals surface area contributed by atoms with Gasteiger partial charge in [-0.3, -0.25) is 9.58 Å². The largest absolute Gasteiger partial charge is 0.416 e. The van der Waals surface area contributed by atoms with Crippen LogP contribution < -0.4 is 0 Å². The van der Waals surface area contributed by atoms with E-state index in [9.17, 15) is 18.3 Å². The second-order valence-corrected chi connectivity index (χ2v) is 6.80. The third-order valence-corrected chi connectivity index (χ3v) is 4.56. The van der Waals surface area contributed by atoms with Crippen LogP contribution in [0.5, 0.6) is 0 Å². The number of β-amino-alcohol motifs (C(OH)–C–C–N with tert-alkyl or cyclic N) is 1. The van der Waals surface area contributed by atoms with Crippen molar-refractivity contribution in [1.29, 1.82) is 0 Å². The fraction of sp³-hybridized carbons (Fsp3) is 0.500. The number of aliphatic hydroxyl groups is 1. The number of nitrogens with zero attached hydrogens (tertiary/aromatic N) is 3. The van der Waals surface area contributed by atoms with E-state index in [1.807, 2.05) is 35.7 Å². The normalized spacial score (nSPS) is 22.0. The summed E-state index contributed by atoms with van der Waals surface area (Å²) in [5, 5.41) is 14.5. The molecule has 25 heavy (non-hydrogen) atoms. The smallest absolute Gasteiger partial charge is 0.392 e. The van der Waals surface area contributed by atoms with Crippen molar-refractivity contribution in [2.45, 2.75) is 51.2 Å². The fourth-order valence-corrected chi connectivity index (χ4v) is 3.38. The van der Waals surface area contributed by atoms with E-state index >= 15 is 0 Å². The number of alkyl halides is 3. The first-order valence-electron chi connectivity index (χ1n) is 8.38. The third-order valence-electron chi connectivity index (χ3n) is 4.56. The van der Waals surface area contributed by atoms with E-state index in [0.717, 1.165) is 11.8 Å². The Bertz CT molecular complexity index is 726. The average Bonchev–Trinajstić information content (AvgIpc) is 3.14. The van der Waals surface area contributed by atoms with Crippen LogP contribution in [0.2, 0.25) is 0 Å². The van der Waals surface area contributed by atoms with Gasteiger partial charge in [-0.05, 0) is 38.0 Å². The quantitative estimate of drug-likeness (QED) is 0.909. The highest BCUT2D eigenvalue weighted by Crippen LogP contribution is 2.40. The van der Waals surface area contributed by atoms with Crippen LogP contribution in [0.3, 0.4) is 0 Å². The Morgan fingerprint density at radius 3 is 2.60 bits per heavy atom. The lowest BCUT2D eigenvalue weighted by Gasteiger charge is -2.26. The van der Waals surface area contributed by atoms with Crippen molar-refractivity contribution in [2.24, 2.45) is 0 Å². The van der Waals surface area contributed by atoms with Crippen LogP contribution >= 0.6 is 0 Å². The molecule has 4 nitrogen and oxygen atoms in total. The highest BCUT2D eigenvalue weighted by molar-refractivity contribution is 5.33. The molecule has 1 aromatic carbocycles. The van der Waals surface area contributed by atoms with Crippen molar-refractivity contribution in [3.05, 3.63) is 53.3 Å². The molecule has 2 heterocycles. The van der Waals surface area contributed by atoms with Gasteiger partial charge in [-0.2, -0.15) is 18.3 Å². The van der Waals surface area contributed by atoms with Gasteiger partial charge < -0.3 is 5.11 Å². The lowest BCUT2D eigenvalue weighted by Crippen LogP contribution is -2.26. The zero-order chi connectivity index (χ0) is 18.2. The second-order valence-electron chi connectivity index (χ2n) is 6.80. The van der Waals surface area contributed by atoms with Gasteiger partial charge in [0, 0.05) is 31.4 Å². The van der Waals surface area contributed by atoms with Crippen molar-refractivity contribution in [3.8, 4) is 0 Å². The fourth-order valence-electron chi connectivity index (χ4n) is 3.38. The van der Waals surface area contributed by atoms with E-state index in [0.29, 0.717) is 13.1 Å². The van der Waals surface area contributed by atoms with Crippen molar-refractivity contribution in [2.75, 3.05) is 6.54 Å². The number of hydrogen-bond acceptors (Lipinski definition) is 3. The maximum atomic E-state index is 13.3. The van der Waals surface area contributed by atoms with Gasteiger partial charge in [0.25, 0.3) is 0 Å². The van der Waals surface area contributed by atoms with E-state index in [2.05, 4.69) is 5.10 Å². The van der Waals surface area contributed by atoms with Crippen LogP contribution in [0.4, 0.5) is 13.2 Å². The zero-order valence-corrected chi connectivity index (χ0v) is 14.2. The lowest BCUT2D eigenvalue weighted by molar-refractivity contribution is -0.138. The minimum atomic E-state index is -4.41. The molecule has 0 aliphatic carbocycles. The van der Waals surface area contributed by atoms with Gasteiger partial charge in [0.15, 0.2) is 0 Å². The Kier molecular flexibility index (Phi) is 4.88. The lowest BCUT2D eigenvalue weighted by atomic mass is 9.97. The minimum Gasteiger partial charge on any atom is -0.392 e. The molecule has 0 amide bonds. The monoisotopic (exact) mass is 353 g/mol. The van der Waals surface area contributed by atoms with Crippen LogP contribution in [-0.4, -0.2) is 32.4 Å². The number of benzene rings is 1. The van der Waals surface area contributed by atoms with Gasteiger partial charge in [-0.15, -0.1) is 0 Å². The molecule has 0 unspecified atom stereocenters. The molecule has 2 aromatic rings. The number of aliphatic hydroxyl groups excluding tert-OH is 1. The number of likely N-dealkylation sites (tertiary alicyclic amines) is 1. The predicted octanol–water partition coefficient (Wildman–Crippen LogP) is 3.79. The molecule has 0 spiro atoms. The Labute approximate surface area is 144 Å². The van der Waals surface area contributed by atoms with Gasteiger partial charge in [0.05, 0.1) is 17.4 Å². The molecule has 1 aliphatic heterocycles. The SMILES string of the molecule is CC(C)n1ccc(CN2C[C@H](O)C[C@@H]2c2ccccc2C(F)(F)F)n1. The summed E-state index contributed by atoms with van der Waals surface area (Å²) in [7, 11) is 0. The maximum Gasteiger partial charge on any atom is 0.416 e. The van der Waals surface area contributed by atoms with Crippen molar-refractivity contribution >= 4 is 0 Å². The number of aromatic nitrogens is 2. The Balaban J connectivity index is 1.87. The molecule has 1 N–H and O–H groups in total. The van der Waals surface area contributed by atoms with E-state index in [1.54, 1.807) is 6.07 Å². The molecule has 3 rings (SSSR count). The topological polar surface area (TPSA) is 41.3 Å². The molecule has 1 aliphatic rings. The average molecular weight is 353 g/mol. The molecule has 1 fully saturated rings. The Hall–Kier alpha value is -1.86. The summed E-state index contributed by atoms with van der Waals surface area (Å²) >= 11 is 0. The van der Waals surface area contributed by atoms with Crippen molar-refractivity contribution < 1.29 is 18.3 Å². The summed E-state index contributed by atoms with van der Waals surface area (Å²) < 4.78 is 41.9. The minimum absolute atomic E-state index is 0.217. The van der Waals surface area contributed by atoms with Crippen LogP contribution in [-0.2, 0) is 12.7 Å². The highest BCUT2D eigenvalue weighted by atomic mass is 19.4. The second kappa shape index (κ2) is 6.80. The van der Waals surface area contributed by atoms with E-state index in [1.165, 1.54) is 12.1 Å². The number of hydrogen-bond donors (Lipinski definition) is 1. The molecular weight excluding hydrogens is 331 g/mol. The molecule has 7 heteroatoms. The Morgan fingerprint density at radius 1 is 1.24 bits per heavy atom. The highest BCUT2D eigenvalue weighted by Gasteiger charge is 2.39. The zero-order valence-electron chi connectivity index (χ0n) is 14.2. The van der Waals surface area contributed by atoms with Crippen molar-refractivity contribution in [3.63, 3.8) is 0 Å². The van der Waals surface area contributed by atoms with Gasteiger partial charge >= 0.3 is 6.18 Å². The summed E-state index contributed by atoms with van der Waals surface area (Å²) in [5.74, 6) is 0. The number of halogens is 3. The molecule has 136 valence electrons. The molecule has 0 saturated carbocycles. The first kappa shape index (κ1) is 17.9. The first-order valence-corrected chi connectivity index (χ1v) is 8.38. The molecule has 0 radical (unpaired) electrons. The van der Waals surface area contributed by atoms with Crippen LogP contribution in [0, 0.1) is 0 Å². The third kappa shape index (κ3) is 3.88. The summed E-state index contributed by atoms with van der Waals surface area (Å²) in [5.41, 5.74) is 0.374. The summed E-state index contributed by atoms with van der Waals surface area (Å²) in [6.45, 7) is 4.77. The van der Waals surface area contributed by atoms with Gasteiger partial charge in [-0.1, -0.05) is 18.2 Å². The van der Waals surface area contributed by atoms with Gasteiger partial charge in [-0.25, -0.2) is 0 Å². The maximum absolute atomic E-state index is 13.3. The standard InChI is InChI=1S/C18H22F3N3O/c1-12(2)24-8-7-13(22-24)10-23-11-14(25)9-17(23)15-5-3-4-6-16(15)18(19,20)21/h3-8,12,14,17,25H,9-11H2,1-2H3/t14-,17-/m1/s1. The van der Waals surface area contributed by atoms with E-state index in [-0.39, 0.29) is 18.0 Å². The predicted molar refractivity (Wildman–Crippen MR) is 87.8 cm³/mol. The van der Waals surface area contributed by atoms with Crippen LogP contribution in [0.15, 0.2) is 36.5 Å². The van der Waals surface area contributed by atoms with Gasteiger partial charge in [0.1, 0.15) is 0 Å². The van der Waals surface area contributed by atoms with Crippen LogP contribution in [0.25, 0.3) is 0 Å². The van der Waals surface area contributed by atoms with E-state index in [4.69, 9.17) is 0 Å². The summed E-state index contributed by atoms with van der Waals surface area (Å²) in [6, 6.07) is 7.23. The molecule has 0 bridgehead atoms. The molecule has 2 atom stereocenters. The van der Waals surface area contributed by atoms with Crippen molar-refractivity contribution in [1.82, 2.24) is 14.7 Å². The van der Waals surface area contributed by atoms with Crippen LogP contribution in [0.1, 0.15) is 49.2 Å². The molecular formula is C18H22F3N3O.